The Hall–Kier alpha value is -1.25. The Morgan fingerprint density at radius 2 is 2.13 bits per heavy atom. The van der Waals surface area contributed by atoms with E-state index < -0.39 is 0 Å². The molecule has 1 N–H and O–H groups in total. The smallest absolute Gasteiger partial charge is 0.229 e. The SMILES string of the molecule is CC1=CCC(C(=O)N2CCCC2)C=C1O. The molecular weight excluding hydrogens is 190 g/mol. The molecule has 0 aromatic rings. The van der Waals surface area contributed by atoms with Gasteiger partial charge in [0.2, 0.25) is 5.91 Å². The third kappa shape index (κ3) is 2.06. The summed E-state index contributed by atoms with van der Waals surface area (Å²) in [5.74, 6) is 0.286. The summed E-state index contributed by atoms with van der Waals surface area (Å²) in [6.45, 7) is 3.63. The van der Waals surface area contributed by atoms with Crippen molar-refractivity contribution in [1.29, 1.82) is 0 Å². The van der Waals surface area contributed by atoms with Crippen LogP contribution < -0.4 is 0 Å². The second-order valence-electron chi connectivity index (χ2n) is 4.31. The van der Waals surface area contributed by atoms with Gasteiger partial charge >= 0.3 is 0 Å². The van der Waals surface area contributed by atoms with E-state index in [0.29, 0.717) is 0 Å². The van der Waals surface area contributed by atoms with Crippen molar-refractivity contribution < 1.29 is 9.90 Å². The second-order valence-corrected chi connectivity index (χ2v) is 4.31. The predicted octanol–water partition coefficient (Wildman–Crippen LogP) is 2.02. The number of aliphatic hydroxyl groups excluding tert-OH is 1. The van der Waals surface area contributed by atoms with Gasteiger partial charge in [0.25, 0.3) is 0 Å². The molecule has 3 heteroatoms. The molecule has 1 saturated heterocycles. The lowest BCUT2D eigenvalue weighted by Crippen LogP contribution is -2.33. The highest BCUT2D eigenvalue weighted by molar-refractivity contribution is 5.81. The van der Waals surface area contributed by atoms with Crippen LogP contribution in [0.25, 0.3) is 0 Å². The molecule has 0 aromatic heterocycles. The molecule has 15 heavy (non-hydrogen) atoms. The minimum atomic E-state index is -0.146. The van der Waals surface area contributed by atoms with Crippen LogP contribution in [0.5, 0.6) is 0 Å². The molecule has 1 amide bonds. The fraction of sp³-hybridized carbons (Fsp3) is 0.583. The number of aliphatic hydroxyl groups is 1. The summed E-state index contributed by atoms with van der Waals surface area (Å²) in [5.41, 5.74) is 0.875. The van der Waals surface area contributed by atoms with Gasteiger partial charge in [-0.3, -0.25) is 4.79 Å². The van der Waals surface area contributed by atoms with Gasteiger partial charge in [0, 0.05) is 13.1 Å². The summed E-state index contributed by atoms with van der Waals surface area (Å²) in [5, 5.41) is 9.56. The van der Waals surface area contributed by atoms with Crippen LogP contribution in [0, 0.1) is 5.92 Å². The molecule has 1 aliphatic heterocycles. The lowest BCUT2D eigenvalue weighted by Gasteiger charge is -2.22. The maximum Gasteiger partial charge on any atom is 0.229 e. The lowest BCUT2D eigenvalue weighted by molar-refractivity contribution is -0.132. The van der Waals surface area contributed by atoms with Gasteiger partial charge in [-0.05, 0) is 37.8 Å². The molecule has 1 fully saturated rings. The van der Waals surface area contributed by atoms with E-state index in [1.54, 1.807) is 6.08 Å². The van der Waals surface area contributed by atoms with E-state index in [2.05, 4.69) is 0 Å². The van der Waals surface area contributed by atoms with E-state index in [1.165, 1.54) is 0 Å². The third-order valence-corrected chi connectivity index (χ3v) is 3.18. The molecule has 82 valence electrons. The maximum absolute atomic E-state index is 12.0. The average molecular weight is 207 g/mol. The molecule has 0 aromatic carbocycles. The van der Waals surface area contributed by atoms with Crippen LogP contribution in [-0.4, -0.2) is 29.0 Å². The molecule has 2 aliphatic rings. The topological polar surface area (TPSA) is 40.5 Å². The Morgan fingerprint density at radius 3 is 2.73 bits per heavy atom. The highest BCUT2D eigenvalue weighted by Gasteiger charge is 2.26. The number of carbonyl (C=O) groups is 1. The zero-order chi connectivity index (χ0) is 10.8. The first-order chi connectivity index (χ1) is 7.18. The average Bonchev–Trinajstić information content (AvgIpc) is 2.74. The summed E-state index contributed by atoms with van der Waals surface area (Å²) in [4.78, 5) is 13.9. The number of allylic oxidation sites excluding steroid dienone is 2. The Morgan fingerprint density at radius 1 is 1.47 bits per heavy atom. The van der Waals surface area contributed by atoms with Crippen molar-refractivity contribution >= 4 is 5.91 Å². The molecule has 0 spiro atoms. The fourth-order valence-electron chi connectivity index (χ4n) is 2.14. The Labute approximate surface area is 90.1 Å². The largest absolute Gasteiger partial charge is 0.508 e. The first-order valence-corrected chi connectivity index (χ1v) is 5.55. The van der Waals surface area contributed by atoms with Crippen LogP contribution in [0.4, 0.5) is 0 Å². The summed E-state index contributed by atoms with van der Waals surface area (Å²) >= 11 is 0. The van der Waals surface area contributed by atoms with Gasteiger partial charge in [-0.1, -0.05) is 6.08 Å². The predicted molar refractivity (Wildman–Crippen MR) is 58.4 cm³/mol. The highest BCUT2D eigenvalue weighted by Crippen LogP contribution is 2.23. The first-order valence-electron chi connectivity index (χ1n) is 5.55. The van der Waals surface area contributed by atoms with Crippen molar-refractivity contribution in [2.45, 2.75) is 26.2 Å². The van der Waals surface area contributed by atoms with Crippen molar-refractivity contribution in [2.75, 3.05) is 13.1 Å². The molecule has 1 aliphatic carbocycles. The quantitative estimate of drug-likeness (QED) is 0.714. The zero-order valence-corrected chi connectivity index (χ0v) is 9.07. The van der Waals surface area contributed by atoms with Crippen LogP contribution in [0.2, 0.25) is 0 Å². The second kappa shape index (κ2) is 4.09. The van der Waals surface area contributed by atoms with E-state index in [1.807, 2.05) is 17.9 Å². The molecule has 1 heterocycles. The molecule has 1 atom stereocenters. The monoisotopic (exact) mass is 207 g/mol. The molecule has 0 saturated carbocycles. The van der Waals surface area contributed by atoms with E-state index >= 15 is 0 Å². The Bertz CT molecular complexity index is 325. The highest BCUT2D eigenvalue weighted by atomic mass is 16.3. The minimum absolute atomic E-state index is 0.146. The van der Waals surface area contributed by atoms with Crippen LogP contribution in [0.1, 0.15) is 26.2 Å². The number of rotatable bonds is 1. The van der Waals surface area contributed by atoms with Crippen LogP contribution in [0.3, 0.4) is 0 Å². The summed E-state index contributed by atoms with van der Waals surface area (Å²) in [7, 11) is 0. The van der Waals surface area contributed by atoms with Crippen LogP contribution in [-0.2, 0) is 4.79 Å². The van der Waals surface area contributed by atoms with Crippen molar-refractivity contribution in [2.24, 2.45) is 5.92 Å². The van der Waals surface area contributed by atoms with Gasteiger partial charge in [0.1, 0.15) is 5.76 Å². The summed E-state index contributed by atoms with van der Waals surface area (Å²) in [6, 6.07) is 0. The number of hydrogen-bond acceptors (Lipinski definition) is 2. The van der Waals surface area contributed by atoms with Gasteiger partial charge in [0.05, 0.1) is 5.92 Å². The number of hydrogen-bond donors (Lipinski definition) is 1. The molecule has 0 radical (unpaired) electrons. The normalized spacial score (nSPS) is 26.2. The van der Waals surface area contributed by atoms with Gasteiger partial charge in [0.15, 0.2) is 0 Å². The van der Waals surface area contributed by atoms with Crippen LogP contribution >= 0.6 is 0 Å². The van der Waals surface area contributed by atoms with E-state index in [4.69, 9.17) is 0 Å². The van der Waals surface area contributed by atoms with Gasteiger partial charge in [-0.25, -0.2) is 0 Å². The van der Waals surface area contributed by atoms with E-state index in [9.17, 15) is 9.90 Å². The van der Waals surface area contributed by atoms with Crippen molar-refractivity contribution in [3.05, 3.63) is 23.5 Å². The Kier molecular flexibility index (Phi) is 2.80. The van der Waals surface area contributed by atoms with Gasteiger partial charge in [-0.2, -0.15) is 0 Å². The molecule has 0 bridgehead atoms. The van der Waals surface area contributed by atoms with Gasteiger partial charge < -0.3 is 10.0 Å². The summed E-state index contributed by atoms with van der Waals surface area (Å²) < 4.78 is 0. The molecule has 3 nitrogen and oxygen atoms in total. The van der Waals surface area contributed by atoms with Crippen molar-refractivity contribution in [3.8, 4) is 0 Å². The Balaban J connectivity index is 2.03. The number of carbonyl (C=O) groups excluding carboxylic acids is 1. The molecule has 1 unspecified atom stereocenters. The fourth-order valence-corrected chi connectivity index (χ4v) is 2.14. The van der Waals surface area contributed by atoms with Gasteiger partial charge in [-0.15, -0.1) is 0 Å². The first kappa shape index (κ1) is 10.3. The van der Waals surface area contributed by atoms with Crippen molar-refractivity contribution in [1.82, 2.24) is 4.90 Å². The standard InChI is InChI=1S/C12H17NO2/c1-9-4-5-10(8-11(9)14)12(15)13-6-2-3-7-13/h4,8,10,14H,2-3,5-7H2,1H3. The zero-order valence-electron chi connectivity index (χ0n) is 9.07. The minimum Gasteiger partial charge on any atom is -0.508 e. The maximum atomic E-state index is 12.0. The van der Waals surface area contributed by atoms with E-state index in [0.717, 1.165) is 37.9 Å². The number of likely N-dealkylation sites (tertiary alicyclic amines) is 1. The number of nitrogens with zero attached hydrogens (tertiary/aromatic N) is 1. The third-order valence-electron chi connectivity index (χ3n) is 3.18. The van der Waals surface area contributed by atoms with Crippen LogP contribution in [0.15, 0.2) is 23.5 Å². The lowest BCUT2D eigenvalue weighted by atomic mass is 9.95. The molecule has 2 rings (SSSR count). The number of amides is 1. The summed E-state index contributed by atoms with van der Waals surface area (Å²) in [6.07, 6.45) is 6.58. The van der Waals surface area contributed by atoms with E-state index in [-0.39, 0.29) is 17.6 Å². The van der Waals surface area contributed by atoms with Crippen molar-refractivity contribution in [3.63, 3.8) is 0 Å². The molecular formula is C12H17NO2.